The number of carbonyl (C=O) groups is 1. The second kappa shape index (κ2) is 5.61. The van der Waals surface area contributed by atoms with Crippen LogP contribution in [0.2, 0.25) is 0 Å². The Morgan fingerprint density at radius 2 is 2.11 bits per heavy atom. The van der Waals surface area contributed by atoms with Crippen molar-refractivity contribution in [3.63, 3.8) is 0 Å². The minimum absolute atomic E-state index is 0.116. The van der Waals surface area contributed by atoms with E-state index in [4.69, 9.17) is 5.84 Å². The maximum atomic E-state index is 11.8. The van der Waals surface area contributed by atoms with Crippen LogP contribution in [-0.4, -0.2) is 19.0 Å². The molecule has 0 saturated heterocycles. The number of carbonyl (C=O) groups excluding carboxylic acids is 1. The Morgan fingerprint density at radius 3 is 2.84 bits per heavy atom. The lowest BCUT2D eigenvalue weighted by Crippen LogP contribution is -2.47. The molecule has 1 aromatic rings. The van der Waals surface area contributed by atoms with E-state index in [1.54, 1.807) is 0 Å². The lowest BCUT2D eigenvalue weighted by molar-refractivity contribution is -0.128. The number of aryl methyl sites for hydroxylation is 1. The third-order valence-corrected chi connectivity index (χ3v) is 3.79. The second-order valence-electron chi connectivity index (χ2n) is 5.86. The molecule has 0 fully saturated rings. The van der Waals surface area contributed by atoms with Gasteiger partial charge in [0.05, 0.1) is 5.41 Å². The number of amides is 1. The van der Waals surface area contributed by atoms with Crippen molar-refractivity contribution in [2.75, 3.05) is 18.0 Å². The van der Waals surface area contributed by atoms with Crippen molar-refractivity contribution in [3.8, 4) is 0 Å². The average molecular weight is 261 g/mol. The molecule has 1 heterocycles. The van der Waals surface area contributed by atoms with Gasteiger partial charge in [-0.1, -0.05) is 18.2 Å². The molecular formula is C15H23N3O. The van der Waals surface area contributed by atoms with Crippen LogP contribution in [0.3, 0.4) is 0 Å². The van der Waals surface area contributed by atoms with Crippen LogP contribution in [0.4, 0.5) is 5.69 Å². The standard InChI is InChI=1S/C15H23N3O/c1-15(2,14(19)17-16)11-18-10-6-5-8-12-7-3-4-9-13(12)18/h3-4,7,9H,5-6,8,10-11,16H2,1-2H3,(H,17,19). The van der Waals surface area contributed by atoms with Crippen LogP contribution >= 0.6 is 0 Å². The Kier molecular flexibility index (Phi) is 4.10. The van der Waals surface area contributed by atoms with Gasteiger partial charge in [0.2, 0.25) is 5.91 Å². The van der Waals surface area contributed by atoms with Crippen LogP contribution in [0.15, 0.2) is 24.3 Å². The summed E-state index contributed by atoms with van der Waals surface area (Å²) in [6, 6.07) is 8.48. The number of anilines is 1. The van der Waals surface area contributed by atoms with E-state index in [-0.39, 0.29) is 5.91 Å². The Morgan fingerprint density at radius 1 is 1.37 bits per heavy atom. The lowest BCUT2D eigenvalue weighted by atomic mass is 9.91. The predicted octanol–water partition coefficient (Wildman–Crippen LogP) is 1.85. The van der Waals surface area contributed by atoms with Crippen LogP contribution in [0.1, 0.15) is 32.3 Å². The zero-order valence-corrected chi connectivity index (χ0v) is 11.8. The van der Waals surface area contributed by atoms with E-state index in [0.29, 0.717) is 6.54 Å². The van der Waals surface area contributed by atoms with Gasteiger partial charge in [-0.25, -0.2) is 5.84 Å². The minimum Gasteiger partial charge on any atom is -0.370 e. The smallest absolute Gasteiger partial charge is 0.241 e. The monoisotopic (exact) mass is 261 g/mol. The minimum atomic E-state index is -0.494. The molecule has 104 valence electrons. The number of para-hydroxylation sites is 1. The summed E-state index contributed by atoms with van der Waals surface area (Å²) in [5.74, 6) is 5.15. The zero-order chi connectivity index (χ0) is 13.9. The van der Waals surface area contributed by atoms with Gasteiger partial charge in [-0.2, -0.15) is 0 Å². The third kappa shape index (κ3) is 3.07. The van der Waals surface area contributed by atoms with E-state index in [9.17, 15) is 4.79 Å². The number of hydrogen-bond acceptors (Lipinski definition) is 3. The van der Waals surface area contributed by atoms with Gasteiger partial charge in [0.25, 0.3) is 0 Å². The molecule has 0 spiro atoms. The molecule has 1 aliphatic heterocycles. The molecule has 0 aliphatic carbocycles. The van der Waals surface area contributed by atoms with Crippen LogP contribution < -0.4 is 16.2 Å². The van der Waals surface area contributed by atoms with Gasteiger partial charge in [0, 0.05) is 18.8 Å². The summed E-state index contributed by atoms with van der Waals surface area (Å²) in [5, 5.41) is 0. The van der Waals surface area contributed by atoms with Crippen molar-refractivity contribution in [1.82, 2.24) is 5.43 Å². The molecular weight excluding hydrogens is 238 g/mol. The van der Waals surface area contributed by atoms with Gasteiger partial charge < -0.3 is 4.90 Å². The van der Waals surface area contributed by atoms with Gasteiger partial charge in [-0.3, -0.25) is 10.2 Å². The Hall–Kier alpha value is -1.55. The highest BCUT2D eigenvalue weighted by Crippen LogP contribution is 2.29. The van der Waals surface area contributed by atoms with E-state index in [0.717, 1.165) is 19.4 Å². The number of nitrogens with two attached hydrogens (primary N) is 1. The van der Waals surface area contributed by atoms with Crippen molar-refractivity contribution in [2.24, 2.45) is 11.3 Å². The Bertz CT molecular complexity index is 456. The molecule has 0 unspecified atom stereocenters. The average Bonchev–Trinajstić information content (AvgIpc) is 2.60. The molecule has 1 aliphatic rings. The maximum absolute atomic E-state index is 11.8. The molecule has 0 atom stereocenters. The molecule has 1 amide bonds. The molecule has 19 heavy (non-hydrogen) atoms. The number of hydrazine groups is 1. The summed E-state index contributed by atoms with van der Waals surface area (Å²) in [7, 11) is 0. The van der Waals surface area contributed by atoms with E-state index in [1.165, 1.54) is 17.7 Å². The molecule has 0 radical (unpaired) electrons. The summed E-state index contributed by atoms with van der Waals surface area (Å²) >= 11 is 0. The van der Waals surface area contributed by atoms with Crippen LogP contribution in [0.25, 0.3) is 0 Å². The first-order chi connectivity index (χ1) is 9.04. The topological polar surface area (TPSA) is 58.4 Å². The van der Waals surface area contributed by atoms with Gasteiger partial charge in [-0.15, -0.1) is 0 Å². The summed E-state index contributed by atoms with van der Waals surface area (Å²) in [6.45, 7) is 5.55. The van der Waals surface area contributed by atoms with Crippen molar-refractivity contribution < 1.29 is 4.79 Å². The highest BCUT2D eigenvalue weighted by atomic mass is 16.2. The highest BCUT2D eigenvalue weighted by molar-refractivity contribution is 5.82. The number of nitrogens with zero attached hydrogens (tertiary/aromatic N) is 1. The first kappa shape index (κ1) is 13.9. The van der Waals surface area contributed by atoms with Gasteiger partial charge in [-0.05, 0) is 44.7 Å². The number of hydrogen-bond donors (Lipinski definition) is 2. The number of fused-ring (bicyclic) bond motifs is 1. The van der Waals surface area contributed by atoms with Crippen molar-refractivity contribution in [2.45, 2.75) is 33.1 Å². The van der Waals surface area contributed by atoms with Crippen LogP contribution in [0, 0.1) is 5.41 Å². The second-order valence-corrected chi connectivity index (χ2v) is 5.86. The molecule has 0 aromatic heterocycles. The third-order valence-electron chi connectivity index (χ3n) is 3.79. The van der Waals surface area contributed by atoms with Crippen LogP contribution in [-0.2, 0) is 11.2 Å². The largest absolute Gasteiger partial charge is 0.370 e. The van der Waals surface area contributed by atoms with Crippen molar-refractivity contribution >= 4 is 11.6 Å². The first-order valence-electron chi connectivity index (χ1n) is 6.88. The van der Waals surface area contributed by atoms with Gasteiger partial charge >= 0.3 is 0 Å². The van der Waals surface area contributed by atoms with Crippen molar-refractivity contribution in [3.05, 3.63) is 29.8 Å². The number of rotatable bonds is 3. The van der Waals surface area contributed by atoms with E-state index in [1.807, 2.05) is 13.8 Å². The van der Waals surface area contributed by atoms with Crippen LogP contribution in [0.5, 0.6) is 0 Å². The number of benzene rings is 1. The molecule has 4 heteroatoms. The quantitative estimate of drug-likeness (QED) is 0.496. The lowest BCUT2D eigenvalue weighted by Gasteiger charge is -2.33. The summed E-state index contributed by atoms with van der Waals surface area (Å²) in [6.07, 6.45) is 3.49. The first-order valence-corrected chi connectivity index (χ1v) is 6.88. The summed E-state index contributed by atoms with van der Waals surface area (Å²) in [4.78, 5) is 14.2. The molecule has 2 rings (SSSR count). The Labute approximate surface area is 114 Å². The molecule has 0 bridgehead atoms. The van der Waals surface area contributed by atoms with E-state index in [2.05, 4.69) is 34.6 Å². The number of nitrogens with one attached hydrogen (secondary N) is 1. The van der Waals surface area contributed by atoms with Gasteiger partial charge in [0.1, 0.15) is 0 Å². The fraction of sp³-hybridized carbons (Fsp3) is 0.533. The Balaban J connectivity index is 2.23. The van der Waals surface area contributed by atoms with Crippen molar-refractivity contribution in [1.29, 1.82) is 0 Å². The normalized spacial score (nSPS) is 15.6. The van der Waals surface area contributed by atoms with E-state index < -0.39 is 5.41 Å². The van der Waals surface area contributed by atoms with Gasteiger partial charge in [0.15, 0.2) is 0 Å². The molecule has 3 N–H and O–H groups in total. The molecule has 4 nitrogen and oxygen atoms in total. The predicted molar refractivity (Wildman–Crippen MR) is 77.7 cm³/mol. The SMILES string of the molecule is CC(C)(CN1CCCCc2ccccc21)C(=O)NN. The summed E-state index contributed by atoms with van der Waals surface area (Å²) < 4.78 is 0. The fourth-order valence-electron chi connectivity index (χ4n) is 2.68. The fourth-order valence-corrected chi connectivity index (χ4v) is 2.68. The molecule has 0 saturated carbocycles. The summed E-state index contributed by atoms with van der Waals surface area (Å²) in [5.41, 5.74) is 4.42. The van der Waals surface area contributed by atoms with E-state index >= 15 is 0 Å². The molecule has 1 aromatic carbocycles. The maximum Gasteiger partial charge on any atom is 0.241 e. The zero-order valence-electron chi connectivity index (χ0n) is 11.8. The highest BCUT2D eigenvalue weighted by Gasteiger charge is 2.30.